The van der Waals surface area contributed by atoms with E-state index >= 15 is 0 Å². The number of esters is 1. The second-order valence-electron chi connectivity index (χ2n) is 7.47. The molecule has 0 aliphatic carbocycles. The molecule has 1 atom stereocenters. The minimum Gasteiger partial charge on any atom is -0.463 e. The van der Waals surface area contributed by atoms with Crippen LogP contribution in [0.2, 0.25) is 5.02 Å². The van der Waals surface area contributed by atoms with Crippen molar-refractivity contribution in [3.05, 3.63) is 46.1 Å². The summed E-state index contributed by atoms with van der Waals surface area (Å²) in [6.07, 6.45) is 0. The Labute approximate surface area is 183 Å². The van der Waals surface area contributed by atoms with Crippen molar-refractivity contribution in [2.45, 2.75) is 26.8 Å². The van der Waals surface area contributed by atoms with E-state index in [4.69, 9.17) is 16.3 Å². The third kappa shape index (κ3) is 4.96. The molecule has 2 amide bonds. The van der Waals surface area contributed by atoms with E-state index in [2.05, 4.69) is 22.0 Å². The van der Waals surface area contributed by atoms with E-state index in [1.807, 2.05) is 19.1 Å². The van der Waals surface area contributed by atoms with E-state index in [9.17, 15) is 9.59 Å². The zero-order chi connectivity index (χ0) is 21.7. The number of hydrogen-bond donors (Lipinski definition) is 1. The number of rotatable bonds is 7. The highest BCUT2D eigenvalue weighted by Crippen LogP contribution is 2.33. The molecule has 8 heteroatoms. The molecule has 0 spiro atoms. The number of nitrogens with zero attached hydrogens (tertiary/aromatic N) is 3. The van der Waals surface area contributed by atoms with Crippen molar-refractivity contribution in [2.24, 2.45) is 0 Å². The summed E-state index contributed by atoms with van der Waals surface area (Å²) in [5.74, 6) is -0.400. The monoisotopic (exact) mass is 434 g/mol. The molecule has 1 saturated heterocycles. The number of nitrogens with one attached hydrogen (secondary N) is 1. The minimum absolute atomic E-state index is 0.210. The Hall–Kier alpha value is -2.09. The first-order chi connectivity index (χ1) is 14.5. The number of likely N-dealkylation sites (N-methyl/N-ethyl adjacent to an activating group) is 2. The van der Waals surface area contributed by atoms with Crippen LogP contribution in [0.25, 0.3) is 0 Å². The quantitative estimate of drug-likeness (QED) is 0.668. The predicted molar refractivity (Wildman–Crippen MR) is 117 cm³/mol. The fourth-order valence-corrected chi connectivity index (χ4v) is 4.27. The highest BCUT2D eigenvalue weighted by molar-refractivity contribution is 6.30. The van der Waals surface area contributed by atoms with Gasteiger partial charge in [0.1, 0.15) is 0 Å². The molecule has 7 nitrogen and oxygen atoms in total. The Morgan fingerprint density at radius 2 is 1.83 bits per heavy atom. The molecule has 0 radical (unpaired) electrons. The Morgan fingerprint density at radius 3 is 2.43 bits per heavy atom. The van der Waals surface area contributed by atoms with Gasteiger partial charge in [-0.15, -0.1) is 0 Å². The summed E-state index contributed by atoms with van der Waals surface area (Å²) in [4.78, 5) is 32.4. The Balaban J connectivity index is 2.01. The maximum atomic E-state index is 13.1. The first-order valence-corrected chi connectivity index (χ1v) is 11.0. The lowest BCUT2D eigenvalue weighted by Crippen LogP contribution is -2.53. The van der Waals surface area contributed by atoms with E-state index in [0.717, 1.165) is 44.0 Å². The van der Waals surface area contributed by atoms with Crippen LogP contribution in [0.1, 0.15) is 32.4 Å². The van der Waals surface area contributed by atoms with Gasteiger partial charge in [-0.05, 0) is 38.1 Å². The normalized spacial score (nSPS) is 21.0. The minimum atomic E-state index is -0.593. The molecule has 0 saturated carbocycles. The molecule has 2 aliphatic rings. The molecule has 1 aromatic carbocycles. The van der Waals surface area contributed by atoms with Crippen LogP contribution < -0.4 is 5.32 Å². The van der Waals surface area contributed by atoms with E-state index in [1.165, 1.54) is 0 Å². The molecule has 0 aromatic heterocycles. The van der Waals surface area contributed by atoms with Gasteiger partial charge >= 0.3 is 12.0 Å². The van der Waals surface area contributed by atoms with Crippen LogP contribution in [0.15, 0.2) is 35.5 Å². The maximum absolute atomic E-state index is 13.1. The molecule has 1 fully saturated rings. The summed E-state index contributed by atoms with van der Waals surface area (Å²) in [6.45, 7) is 11.9. The van der Waals surface area contributed by atoms with Crippen LogP contribution in [0, 0.1) is 0 Å². The zero-order valence-corrected chi connectivity index (χ0v) is 18.7. The van der Waals surface area contributed by atoms with Gasteiger partial charge in [0.05, 0.1) is 18.2 Å². The summed E-state index contributed by atoms with van der Waals surface area (Å²) in [5, 5.41) is 3.53. The summed E-state index contributed by atoms with van der Waals surface area (Å²) < 4.78 is 5.41. The molecular formula is C22H31ClN4O3. The molecule has 164 valence electrons. The lowest BCUT2D eigenvalue weighted by atomic mass is 9.94. The third-order valence-corrected chi connectivity index (χ3v) is 5.95. The number of urea groups is 1. The number of benzene rings is 1. The number of halogens is 1. The van der Waals surface area contributed by atoms with Gasteiger partial charge in [-0.3, -0.25) is 9.80 Å². The lowest BCUT2D eigenvalue weighted by Gasteiger charge is -2.40. The van der Waals surface area contributed by atoms with Gasteiger partial charge in [-0.2, -0.15) is 0 Å². The molecule has 1 aromatic rings. The molecule has 1 unspecified atom stereocenters. The Bertz CT molecular complexity index is 805. The van der Waals surface area contributed by atoms with Gasteiger partial charge in [0.2, 0.25) is 0 Å². The molecule has 2 aliphatic heterocycles. The number of amides is 2. The molecule has 1 N–H and O–H groups in total. The number of ether oxygens (including phenoxy) is 1. The molecule has 2 heterocycles. The van der Waals surface area contributed by atoms with Crippen molar-refractivity contribution >= 4 is 23.6 Å². The number of carbonyl (C=O) groups excluding carboxylic acids is 2. The summed E-state index contributed by atoms with van der Waals surface area (Å²) in [5.41, 5.74) is 1.97. The Morgan fingerprint density at radius 1 is 1.13 bits per heavy atom. The maximum Gasteiger partial charge on any atom is 0.338 e. The number of piperazine rings is 1. The van der Waals surface area contributed by atoms with Crippen molar-refractivity contribution in [1.82, 2.24) is 20.0 Å². The second-order valence-corrected chi connectivity index (χ2v) is 7.91. The van der Waals surface area contributed by atoms with Gasteiger partial charge in [-0.1, -0.05) is 30.7 Å². The van der Waals surface area contributed by atoms with Crippen molar-refractivity contribution in [1.29, 1.82) is 0 Å². The fourth-order valence-electron chi connectivity index (χ4n) is 4.07. The average Bonchev–Trinajstić information content (AvgIpc) is 2.74. The zero-order valence-electron chi connectivity index (χ0n) is 18.0. The van der Waals surface area contributed by atoms with E-state index in [1.54, 1.807) is 24.0 Å². The molecule has 30 heavy (non-hydrogen) atoms. The standard InChI is InChI=1S/C22H31ClN4O3/c1-4-25-10-12-26(13-11-25)15-18-19(21(28)30-6-3)20(24-22(29)27(18)5-2)16-8-7-9-17(23)14-16/h7-9,14,20H,4-6,10-13,15H2,1-3H3,(H,24,29). The number of hydrogen-bond acceptors (Lipinski definition) is 5. The fraction of sp³-hybridized carbons (Fsp3) is 0.545. The average molecular weight is 435 g/mol. The van der Waals surface area contributed by atoms with E-state index < -0.39 is 12.0 Å². The molecular weight excluding hydrogens is 404 g/mol. The Kier molecular flexibility index (Phi) is 7.75. The summed E-state index contributed by atoms with van der Waals surface area (Å²) in [6, 6.07) is 6.45. The van der Waals surface area contributed by atoms with Gasteiger partial charge in [-0.25, -0.2) is 9.59 Å². The second kappa shape index (κ2) is 10.3. The first-order valence-electron chi connectivity index (χ1n) is 10.7. The number of carbonyl (C=O) groups is 2. The van der Waals surface area contributed by atoms with Crippen molar-refractivity contribution in [3.8, 4) is 0 Å². The van der Waals surface area contributed by atoms with Crippen LogP contribution in [0.4, 0.5) is 4.79 Å². The van der Waals surface area contributed by atoms with Crippen LogP contribution in [-0.2, 0) is 9.53 Å². The van der Waals surface area contributed by atoms with Gasteiger partial charge in [0.25, 0.3) is 0 Å². The van der Waals surface area contributed by atoms with Crippen LogP contribution in [-0.4, -0.2) is 79.1 Å². The molecule has 0 bridgehead atoms. The van der Waals surface area contributed by atoms with Gasteiger partial charge in [0, 0.05) is 50.0 Å². The van der Waals surface area contributed by atoms with Crippen LogP contribution >= 0.6 is 11.6 Å². The highest BCUT2D eigenvalue weighted by atomic mass is 35.5. The van der Waals surface area contributed by atoms with Crippen LogP contribution in [0.5, 0.6) is 0 Å². The smallest absolute Gasteiger partial charge is 0.338 e. The first kappa shape index (κ1) is 22.6. The topological polar surface area (TPSA) is 65.1 Å². The summed E-state index contributed by atoms with van der Waals surface area (Å²) in [7, 11) is 0. The SMILES string of the molecule is CCOC(=O)C1=C(CN2CCN(CC)CC2)N(CC)C(=O)NC1c1cccc(Cl)c1. The molecule has 3 rings (SSSR count). The van der Waals surface area contributed by atoms with Gasteiger partial charge in [0.15, 0.2) is 0 Å². The van der Waals surface area contributed by atoms with Crippen LogP contribution in [0.3, 0.4) is 0 Å². The van der Waals surface area contributed by atoms with Crippen molar-refractivity contribution < 1.29 is 14.3 Å². The van der Waals surface area contributed by atoms with Crippen molar-refractivity contribution in [3.63, 3.8) is 0 Å². The third-order valence-electron chi connectivity index (χ3n) is 5.72. The summed E-state index contributed by atoms with van der Waals surface area (Å²) >= 11 is 6.20. The largest absolute Gasteiger partial charge is 0.463 e. The van der Waals surface area contributed by atoms with E-state index in [0.29, 0.717) is 23.7 Å². The lowest BCUT2D eigenvalue weighted by molar-refractivity contribution is -0.139. The van der Waals surface area contributed by atoms with Gasteiger partial charge < -0.3 is 15.0 Å². The van der Waals surface area contributed by atoms with Crippen molar-refractivity contribution in [2.75, 3.05) is 52.4 Å². The predicted octanol–water partition coefficient (Wildman–Crippen LogP) is 2.88. The highest BCUT2D eigenvalue weighted by Gasteiger charge is 2.38. The van der Waals surface area contributed by atoms with E-state index in [-0.39, 0.29) is 12.6 Å².